The number of hydrogen-bond acceptors (Lipinski definition) is 3. The number of fused-ring (bicyclic) bond motifs is 3. The predicted molar refractivity (Wildman–Crippen MR) is 77.2 cm³/mol. The zero-order valence-electron chi connectivity index (χ0n) is 11.0. The van der Waals surface area contributed by atoms with Crippen LogP contribution in [0.3, 0.4) is 0 Å². The lowest BCUT2D eigenvalue weighted by atomic mass is 9.90. The Morgan fingerprint density at radius 3 is 3.05 bits per heavy atom. The highest BCUT2D eigenvalue weighted by molar-refractivity contribution is 5.92. The van der Waals surface area contributed by atoms with Gasteiger partial charge in [-0.3, -0.25) is 4.90 Å². The van der Waals surface area contributed by atoms with Crippen molar-refractivity contribution in [2.24, 2.45) is 0 Å². The lowest BCUT2D eigenvalue weighted by Crippen LogP contribution is -2.46. The van der Waals surface area contributed by atoms with E-state index in [0.717, 1.165) is 25.2 Å². The molecule has 5 heteroatoms. The number of halogens is 1. The van der Waals surface area contributed by atoms with Gasteiger partial charge in [0.25, 0.3) is 0 Å². The van der Waals surface area contributed by atoms with Crippen LogP contribution in [-0.4, -0.2) is 31.8 Å². The van der Waals surface area contributed by atoms with Gasteiger partial charge in [0.15, 0.2) is 0 Å². The third-order valence-electron chi connectivity index (χ3n) is 3.84. The molecule has 1 N–H and O–H groups in total. The Hall–Kier alpha value is -1.26. The van der Waals surface area contributed by atoms with Crippen LogP contribution in [0.1, 0.15) is 24.8 Å². The summed E-state index contributed by atoms with van der Waals surface area (Å²) in [5, 5.41) is 3.41. The maximum atomic E-state index is 12.1. The Morgan fingerprint density at radius 2 is 2.26 bits per heavy atom. The first-order valence-electron chi connectivity index (χ1n) is 6.58. The Morgan fingerprint density at radius 1 is 1.47 bits per heavy atom. The van der Waals surface area contributed by atoms with Crippen LogP contribution in [0.15, 0.2) is 24.3 Å². The zero-order valence-corrected chi connectivity index (χ0v) is 11.8. The highest BCUT2D eigenvalue weighted by Gasteiger charge is 2.43. The van der Waals surface area contributed by atoms with Crippen LogP contribution in [0.25, 0.3) is 0 Å². The molecule has 0 aliphatic carbocycles. The molecule has 1 fully saturated rings. The molecule has 0 spiro atoms. The Balaban J connectivity index is 0.00000133. The molecule has 1 saturated heterocycles. The van der Waals surface area contributed by atoms with Crippen molar-refractivity contribution >= 4 is 24.2 Å². The van der Waals surface area contributed by atoms with Crippen molar-refractivity contribution in [2.45, 2.75) is 25.3 Å². The van der Waals surface area contributed by atoms with Crippen molar-refractivity contribution < 1.29 is 9.53 Å². The van der Waals surface area contributed by atoms with E-state index in [2.05, 4.69) is 11.4 Å². The van der Waals surface area contributed by atoms with E-state index >= 15 is 0 Å². The summed E-state index contributed by atoms with van der Waals surface area (Å²) in [6.45, 7) is 4.18. The topological polar surface area (TPSA) is 41.6 Å². The number of rotatable bonds is 1. The van der Waals surface area contributed by atoms with E-state index in [9.17, 15) is 4.79 Å². The molecule has 2 atom stereocenters. The number of piperidine rings is 1. The van der Waals surface area contributed by atoms with Gasteiger partial charge in [0.2, 0.25) is 0 Å². The minimum atomic E-state index is -0.209. The van der Waals surface area contributed by atoms with Crippen molar-refractivity contribution in [3.05, 3.63) is 29.8 Å². The normalized spacial score (nSPS) is 24.2. The highest BCUT2D eigenvalue weighted by Crippen LogP contribution is 2.43. The molecule has 19 heavy (non-hydrogen) atoms. The zero-order chi connectivity index (χ0) is 12.5. The summed E-state index contributed by atoms with van der Waals surface area (Å²) in [7, 11) is 0. The lowest BCUT2D eigenvalue weighted by Gasteiger charge is -2.31. The molecule has 4 nitrogen and oxygen atoms in total. The molecule has 0 aromatic heterocycles. The summed E-state index contributed by atoms with van der Waals surface area (Å²) >= 11 is 0. The van der Waals surface area contributed by atoms with Crippen molar-refractivity contribution in [3.63, 3.8) is 0 Å². The molecule has 0 bridgehead atoms. The predicted octanol–water partition coefficient (Wildman–Crippen LogP) is 2.53. The van der Waals surface area contributed by atoms with Crippen LogP contribution in [0.4, 0.5) is 10.5 Å². The van der Waals surface area contributed by atoms with Crippen LogP contribution >= 0.6 is 12.4 Å². The van der Waals surface area contributed by atoms with E-state index in [-0.39, 0.29) is 24.5 Å². The monoisotopic (exact) mass is 282 g/mol. The standard InChI is InChI=1S/C14H18N2O2.ClH/c1-2-18-14(17)16-12-6-4-3-5-10(12)11-9-15-8-7-13(11)16;/h3-6,11,13,15H,2,7-9H2,1H3;1H/t11-,13+;/m0./s1. The molecule has 0 radical (unpaired) electrons. The number of hydrogen-bond donors (Lipinski definition) is 1. The van der Waals surface area contributed by atoms with E-state index in [4.69, 9.17) is 4.74 Å². The van der Waals surface area contributed by atoms with E-state index in [1.807, 2.05) is 30.0 Å². The molecule has 2 heterocycles. The number of para-hydroxylation sites is 1. The van der Waals surface area contributed by atoms with Crippen LogP contribution in [0.2, 0.25) is 0 Å². The van der Waals surface area contributed by atoms with Gasteiger partial charge < -0.3 is 10.1 Å². The molecule has 0 unspecified atom stereocenters. The van der Waals surface area contributed by atoms with Gasteiger partial charge in [-0.2, -0.15) is 0 Å². The number of anilines is 1. The number of nitrogens with one attached hydrogen (secondary N) is 1. The quantitative estimate of drug-likeness (QED) is 0.861. The Bertz CT molecular complexity index is 467. The van der Waals surface area contributed by atoms with Gasteiger partial charge in [0.1, 0.15) is 0 Å². The molecule has 104 valence electrons. The van der Waals surface area contributed by atoms with Gasteiger partial charge in [0, 0.05) is 18.5 Å². The fourth-order valence-electron chi connectivity index (χ4n) is 3.10. The first-order valence-corrected chi connectivity index (χ1v) is 6.58. The number of ether oxygens (including phenoxy) is 1. The first kappa shape index (κ1) is 14.2. The summed E-state index contributed by atoms with van der Waals surface area (Å²) in [6, 6.07) is 8.42. The SMILES string of the molecule is CCOC(=O)N1c2ccccc2[C@@H]2CNCC[C@H]21.Cl. The Kier molecular flexibility index (Phi) is 4.32. The number of carbonyl (C=O) groups is 1. The van der Waals surface area contributed by atoms with Crippen molar-refractivity contribution in [2.75, 3.05) is 24.6 Å². The fraction of sp³-hybridized carbons (Fsp3) is 0.500. The van der Waals surface area contributed by atoms with E-state index in [1.165, 1.54) is 5.56 Å². The van der Waals surface area contributed by atoms with Crippen molar-refractivity contribution in [1.82, 2.24) is 5.32 Å². The second kappa shape index (κ2) is 5.80. The van der Waals surface area contributed by atoms with Crippen LogP contribution < -0.4 is 10.2 Å². The van der Waals surface area contributed by atoms with Gasteiger partial charge in [0.05, 0.1) is 12.3 Å². The molecule has 0 saturated carbocycles. The molecule has 2 aliphatic rings. The van der Waals surface area contributed by atoms with E-state index in [1.54, 1.807) is 0 Å². The van der Waals surface area contributed by atoms with Gasteiger partial charge in [-0.25, -0.2) is 4.79 Å². The maximum absolute atomic E-state index is 12.1. The number of benzene rings is 1. The summed E-state index contributed by atoms with van der Waals surface area (Å²) in [4.78, 5) is 14.0. The second-order valence-electron chi connectivity index (χ2n) is 4.79. The molecular weight excluding hydrogens is 264 g/mol. The van der Waals surface area contributed by atoms with E-state index < -0.39 is 0 Å². The minimum absolute atomic E-state index is 0. The highest BCUT2D eigenvalue weighted by atomic mass is 35.5. The summed E-state index contributed by atoms with van der Waals surface area (Å²) in [5.74, 6) is 0.402. The largest absolute Gasteiger partial charge is 0.449 e. The molecule has 2 aliphatic heterocycles. The summed E-state index contributed by atoms with van der Waals surface area (Å²) in [6.07, 6.45) is 0.775. The van der Waals surface area contributed by atoms with Gasteiger partial charge in [-0.1, -0.05) is 18.2 Å². The maximum Gasteiger partial charge on any atom is 0.414 e. The second-order valence-corrected chi connectivity index (χ2v) is 4.79. The fourth-order valence-corrected chi connectivity index (χ4v) is 3.10. The van der Waals surface area contributed by atoms with Crippen LogP contribution in [0, 0.1) is 0 Å². The van der Waals surface area contributed by atoms with Gasteiger partial charge in [-0.05, 0) is 31.5 Å². The van der Waals surface area contributed by atoms with Gasteiger partial charge in [-0.15, -0.1) is 12.4 Å². The molecule has 1 amide bonds. The third kappa shape index (κ3) is 2.30. The lowest BCUT2D eigenvalue weighted by molar-refractivity contribution is 0.156. The van der Waals surface area contributed by atoms with Crippen LogP contribution in [-0.2, 0) is 4.74 Å². The smallest absolute Gasteiger partial charge is 0.414 e. The molecule has 1 aromatic carbocycles. The third-order valence-corrected chi connectivity index (χ3v) is 3.84. The molecule has 1 aromatic rings. The summed E-state index contributed by atoms with van der Waals surface area (Å²) in [5.41, 5.74) is 2.29. The van der Waals surface area contributed by atoms with Crippen LogP contribution in [0.5, 0.6) is 0 Å². The summed E-state index contributed by atoms with van der Waals surface area (Å²) < 4.78 is 5.20. The number of carbonyl (C=O) groups excluding carboxylic acids is 1. The number of nitrogens with zero attached hydrogens (tertiary/aromatic N) is 1. The van der Waals surface area contributed by atoms with Crippen molar-refractivity contribution in [1.29, 1.82) is 0 Å². The minimum Gasteiger partial charge on any atom is -0.449 e. The molecule has 3 rings (SSSR count). The van der Waals surface area contributed by atoms with Crippen molar-refractivity contribution in [3.8, 4) is 0 Å². The van der Waals surface area contributed by atoms with Gasteiger partial charge >= 0.3 is 6.09 Å². The first-order chi connectivity index (χ1) is 8.83. The average Bonchev–Trinajstić information content (AvgIpc) is 2.73. The Labute approximate surface area is 119 Å². The molecular formula is C14H19ClN2O2. The number of amides is 1. The van der Waals surface area contributed by atoms with E-state index in [0.29, 0.717) is 12.5 Å². The average molecular weight is 283 g/mol.